The molecule has 0 aromatic heterocycles. The first-order valence-corrected chi connectivity index (χ1v) is 8.19. The molecule has 0 aliphatic rings. The minimum Gasteiger partial charge on any atom is -0.300 e. The Morgan fingerprint density at radius 3 is 2.23 bits per heavy atom. The summed E-state index contributed by atoms with van der Waals surface area (Å²) in [5.41, 5.74) is 4.74. The highest BCUT2D eigenvalue weighted by atomic mass is 16.1. The zero-order valence-electron chi connectivity index (χ0n) is 14.2. The van der Waals surface area contributed by atoms with Crippen LogP contribution in [0.15, 0.2) is 30.4 Å². The molecule has 2 heteroatoms. The molecule has 0 heterocycles. The van der Waals surface area contributed by atoms with Crippen molar-refractivity contribution < 1.29 is 9.59 Å². The van der Waals surface area contributed by atoms with Crippen LogP contribution in [-0.4, -0.2) is 11.6 Å². The van der Waals surface area contributed by atoms with Crippen molar-refractivity contribution in [3.8, 4) is 0 Å². The molecule has 1 rings (SSSR count). The number of hydrogen-bond donors (Lipinski definition) is 0. The molecule has 0 bridgehead atoms. The highest BCUT2D eigenvalue weighted by Gasteiger charge is 2.12. The van der Waals surface area contributed by atoms with E-state index in [0.717, 1.165) is 36.8 Å². The molecule has 2 nitrogen and oxygen atoms in total. The van der Waals surface area contributed by atoms with Crippen LogP contribution in [0.4, 0.5) is 0 Å². The van der Waals surface area contributed by atoms with Gasteiger partial charge in [-0.25, -0.2) is 0 Å². The van der Waals surface area contributed by atoms with E-state index in [2.05, 4.69) is 18.7 Å². The van der Waals surface area contributed by atoms with Crippen molar-refractivity contribution in [3.05, 3.63) is 47.0 Å². The Labute approximate surface area is 134 Å². The summed E-state index contributed by atoms with van der Waals surface area (Å²) in [4.78, 5) is 23.2. The van der Waals surface area contributed by atoms with E-state index < -0.39 is 0 Å². The van der Waals surface area contributed by atoms with Crippen LogP contribution in [0.2, 0.25) is 0 Å². The summed E-state index contributed by atoms with van der Waals surface area (Å²) in [6.07, 6.45) is 5.18. The van der Waals surface area contributed by atoms with Crippen molar-refractivity contribution >= 4 is 11.6 Å². The predicted molar refractivity (Wildman–Crippen MR) is 92.2 cm³/mol. The first-order chi connectivity index (χ1) is 10.4. The second-order valence-corrected chi connectivity index (χ2v) is 6.21. The number of hydrogen-bond acceptors (Lipinski definition) is 2. The Kier molecular flexibility index (Phi) is 7.79. The quantitative estimate of drug-likeness (QED) is 0.590. The predicted octanol–water partition coefficient (Wildman–Crippen LogP) is 4.63. The maximum Gasteiger partial charge on any atom is 0.137 e. The zero-order chi connectivity index (χ0) is 16.5. The van der Waals surface area contributed by atoms with Gasteiger partial charge in [-0.1, -0.05) is 37.3 Å². The number of rotatable bonds is 10. The van der Waals surface area contributed by atoms with Gasteiger partial charge in [-0.15, -0.1) is 0 Å². The average Bonchev–Trinajstić information content (AvgIpc) is 2.41. The minimum absolute atomic E-state index is 0.223. The third kappa shape index (κ3) is 6.38. The van der Waals surface area contributed by atoms with Crippen molar-refractivity contribution in [3.63, 3.8) is 0 Å². The Morgan fingerprint density at radius 1 is 1.05 bits per heavy atom. The Balaban J connectivity index is 2.98. The van der Waals surface area contributed by atoms with E-state index in [4.69, 9.17) is 0 Å². The number of ketones is 2. The smallest absolute Gasteiger partial charge is 0.137 e. The van der Waals surface area contributed by atoms with Gasteiger partial charge in [0.2, 0.25) is 0 Å². The summed E-state index contributed by atoms with van der Waals surface area (Å²) >= 11 is 0. The Bertz CT molecular complexity index is 541. The highest BCUT2D eigenvalue weighted by molar-refractivity contribution is 5.81. The van der Waals surface area contributed by atoms with Crippen molar-refractivity contribution in [1.82, 2.24) is 0 Å². The van der Waals surface area contributed by atoms with E-state index in [1.54, 1.807) is 6.92 Å². The summed E-state index contributed by atoms with van der Waals surface area (Å²) in [6, 6.07) is 6.20. The van der Waals surface area contributed by atoms with Gasteiger partial charge in [-0.05, 0) is 56.2 Å². The summed E-state index contributed by atoms with van der Waals surface area (Å²) in [7, 11) is 0. The molecule has 0 aliphatic carbocycles. The van der Waals surface area contributed by atoms with Gasteiger partial charge >= 0.3 is 0 Å². The normalized spacial score (nSPS) is 10.5. The molecule has 1 aromatic carbocycles. The average molecular weight is 300 g/mol. The van der Waals surface area contributed by atoms with E-state index in [1.807, 2.05) is 19.9 Å². The number of allylic oxidation sites excluding steroid dienone is 1. The van der Waals surface area contributed by atoms with Gasteiger partial charge in [0.15, 0.2) is 0 Å². The third-order valence-electron chi connectivity index (χ3n) is 3.73. The number of carbonyl (C=O) groups excluding carboxylic acids is 2. The van der Waals surface area contributed by atoms with Crippen LogP contribution >= 0.6 is 0 Å². The zero-order valence-corrected chi connectivity index (χ0v) is 14.2. The van der Waals surface area contributed by atoms with Crippen LogP contribution in [0.3, 0.4) is 0 Å². The number of carbonyl (C=O) groups is 2. The van der Waals surface area contributed by atoms with Crippen LogP contribution in [0, 0.1) is 0 Å². The Morgan fingerprint density at radius 2 is 1.68 bits per heavy atom. The molecule has 0 radical (unpaired) electrons. The topological polar surface area (TPSA) is 34.1 Å². The summed E-state index contributed by atoms with van der Waals surface area (Å²) in [6.45, 7) is 9.68. The first-order valence-electron chi connectivity index (χ1n) is 8.19. The number of benzene rings is 1. The maximum atomic E-state index is 12.0. The monoisotopic (exact) mass is 300 g/mol. The van der Waals surface area contributed by atoms with E-state index in [0.29, 0.717) is 25.0 Å². The molecule has 120 valence electrons. The molecule has 0 spiro atoms. The molecule has 22 heavy (non-hydrogen) atoms. The van der Waals surface area contributed by atoms with Gasteiger partial charge < -0.3 is 4.79 Å². The Hall–Kier alpha value is -1.70. The van der Waals surface area contributed by atoms with E-state index in [1.165, 1.54) is 11.1 Å². The van der Waals surface area contributed by atoms with Crippen LogP contribution in [0.5, 0.6) is 0 Å². The molecule has 0 saturated carbocycles. The second kappa shape index (κ2) is 9.34. The molecule has 0 N–H and O–H groups in total. The van der Waals surface area contributed by atoms with Gasteiger partial charge in [-0.2, -0.15) is 0 Å². The minimum atomic E-state index is 0.223. The summed E-state index contributed by atoms with van der Waals surface area (Å²) < 4.78 is 0. The molecular weight excluding hydrogens is 272 g/mol. The van der Waals surface area contributed by atoms with Crippen molar-refractivity contribution in [2.24, 2.45) is 0 Å². The molecule has 1 aromatic rings. The standard InChI is InChI=1S/C20H28O2/c1-5-8-19(22)14-18-11-7-10-17(13-15(2)3)20(18)12-6-9-16(4)21/h7,10-11H,2,5-6,8-9,12-14H2,1,3-4H3. The van der Waals surface area contributed by atoms with Crippen LogP contribution in [-0.2, 0) is 28.9 Å². The van der Waals surface area contributed by atoms with Crippen molar-refractivity contribution in [1.29, 1.82) is 0 Å². The fourth-order valence-electron chi connectivity index (χ4n) is 2.76. The van der Waals surface area contributed by atoms with E-state index in [9.17, 15) is 9.59 Å². The lowest BCUT2D eigenvalue weighted by molar-refractivity contribution is -0.118. The van der Waals surface area contributed by atoms with Crippen molar-refractivity contribution in [2.45, 2.75) is 65.7 Å². The highest BCUT2D eigenvalue weighted by Crippen LogP contribution is 2.21. The molecule has 0 fully saturated rings. The first kappa shape index (κ1) is 18.3. The van der Waals surface area contributed by atoms with Gasteiger partial charge in [-0.3, -0.25) is 4.79 Å². The van der Waals surface area contributed by atoms with Gasteiger partial charge in [0, 0.05) is 19.3 Å². The molecule has 0 unspecified atom stereocenters. The third-order valence-corrected chi connectivity index (χ3v) is 3.73. The largest absolute Gasteiger partial charge is 0.300 e. The molecular formula is C20H28O2. The van der Waals surface area contributed by atoms with E-state index in [-0.39, 0.29) is 5.78 Å². The summed E-state index contributed by atoms with van der Waals surface area (Å²) in [5.74, 6) is 0.517. The van der Waals surface area contributed by atoms with E-state index >= 15 is 0 Å². The molecule has 0 amide bonds. The van der Waals surface area contributed by atoms with Gasteiger partial charge in [0.25, 0.3) is 0 Å². The van der Waals surface area contributed by atoms with Crippen molar-refractivity contribution in [2.75, 3.05) is 0 Å². The lowest BCUT2D eigenvalue weighted by Crippen LogP contribution is -2.08. The van der Waals surface area contributed by atoms with Crippen LogP contribution < -0.4 is 0 Å². The number of Topliss-reactive ketones (excluding diaryl/α,β-unsaturated/α-hetero) is 2. The lowest BCUT2D eigenvalue weighted by atomic mass is 9.90. The van der Waals surface area contributed by atoms with Crippen LogP contribution in [0.1, 0.15) is 63.1 Å². The fourth-order valence-corrected chi connectivity index (χ4v) is 2.76. The SMILES string of the molecule is C=C(C)Cc1cccc(CC(=O)CCC)c1CCCC(C)=O. The summed E-state index contributed by atoms with van der Waals surface area (Å²) in [5, 5.41) is 0. The molecule has 0 aliphatic heterocycles. The van der Waals surface area contributed by atoms with Gasteiger partial charge in [0.05, 0.1) is 0 Å². The fraction of sp³-hybridized carbons (Fsp3) is 0.500. The van der Waals surface area contributed by atoms with Crippen LogP contribution in [0.25, 0.3) is 0 Å². The molecule has 0 atom stereocenters. The second-order valence-electron chi connectivity index (χ2n) is 6.21. The lowest BCUT2D eigenvalue weighted by Gasteiger charge is -2.15. The molecule has 0 saturated heterocycles. The van der Waals surface area contributed by atoms with Gasteiger partial charge in [0.1, 0.15) is 11.6 Å². The maximum absolute atomic E-state index is 12.0.